The first-order valence-corrected chi connectivity index (χ1v) is 8.62. The fourth-order valence-corrected chi connectivity index (χ4v) is 3.06. The molecule has 0 aliphatic carbocycles. The van der Waals surface area contributed by atoms with E-state index in [1.54, 1.807) is 0 Å². The number of likely N-dealkylation sites (N-methyl/N-ethyl adjacent to an activating group) is 1. The Labute approximate surface area is 158 Å². The van der Waals surface area contributed by atoms with E-state index in [1.165, 1.54) is 0 Å². The van der Waals surface area contributed by atoms with Gasteiger partial charge in [-0.1, -0.05) is 23.4 Å². The number of aryl methyl sites for hydroxylation is 2. The molecule has 0 bridgehead atoms. The number of nitrogens with zero attached hydrogens (tertiary/aromatic N) is 5. The summed E-state index contributed by atoms with van der Waals surface area (Å²) in [4.78, 5) is 6.84. The molecular formula is C18H23ClN6O. The molecule has 1 fully saturated rings. The van der Waals surface area contributed by atoms with E-state index in [0.717, 1.165) is 49.6 Å². The Bertz CT molecular complexity index is 818. The molecule has 8 heteroatoms. The highest BCUT2D eigenvalue weighted by molar-refractivity contribution is 5.85. The van der Waals surface area contributed by atoms with Crippen LogP contribution in [0.5, 0.6) is 0 Å². The van der Waals surface area contributed by atoms with Crippen molar-refractivity contribution < 1.29 is 4.52 Å². The topological polar surface area (TPSA) is 72.0 Å². The van der Waals surface area contributed by atoms with Gasteiger partial charge in [0.1, 0.15) is 0 Å². The van der Waals surface area contributed by atoms with Gasteiger partial charge in [-0.15, -0.1) is 12.4 Å². The van der Waals surface area contributed by atoms with Gasteiger partial charge in [0.15, 0.2) is 5.82 Å². The van der Waals surface area contributed by atoms with E-state index < -0.39 is 0 Å². The summed E-state index contributed by atoms with van der Waals surface area (Å²) in [7, 11) is 2.10. The number of nitrogens with one attached hydrogen (secondary N) is 1. The molecule has 1 aliphatic heterocycles. The van der Waals surface area contributed by atoms with Crippen LogP contribution in [-0.4, -0.2) is 51.5 Å². The first kappa shape index (κ1) is 18.6. The van der Waals surface area contributed by atoms with Gasteiger partial charge in [0, 0.05) is 32.3 Å². The second-order valence-corrected chi connectivity index (χ2v) is 6.38. The lowest BCUT2D eigenvalue weighted by Crippen LogP contribution is -2.44. The van der Waals surface area contributed by atoms with Crippen LogP contribution >= 0.6 is 12.4 Å². The van der Waals surface area contributed by atoms with Crippen LogP contribution in [0.25, 0.3) is 5.69 Å². The second kappa shape index (κ2) is 8.44. The maximum atomic E-state index is 5.44. The number of aromatic nitrogens is 4. The first-order valence-electron chi connectivity index (χ1n) is 8.62. The number of halogens is 1. The summed E-state index contributed by atoms with van der Waals surface area (Å²) in [6.45, 7) is 2.86. The van der Waals surface area contributed by atoms with Gasteiger partial charge < -0.3 is 9.84 Å². The summed E-state index contributed by atoms with van der Waals surface area (Å²) in [5, 5.41) is 12.0. The van der Waals surface area contributed by atoms with Crippen molar-refractivity contribution >= 4 is 12.4 Å². The highest BCUT2D eigenvalue weighted by atomic mass is 35.5. The van der Waals surface area contributed by atoms with Crippen LogP contribution < -0.4 is 5.32 Å². The van der Waals surface area contributed by atoms with Crippen LogP contribution in [0.1, 0.15) is 23.3 Å². The molecule has 3 aromatic rings. The Balaban J connectivity index is 0.00000196. The standard InChI is InChI=1S/C18H22N6O.ClH/c1-23-10-9-19-12-16(23)18-21-17(25-22-18)8-7-14-11-20-24(13-14)15-5-3-2-4-6-15;/h2-6,11,13,16,19H,7-10,12H2,1H3;1H. The minimum absolute atomic E-state index is 0. The number of piperazine rings is 1. The number of hydrogen-bond acceptors (Lipinski definition) is 6. The fraction of sp³-hybridized carbons (Fsp3) is 0.389. The summed E-state index contributed by atoms with van der Waals surface area (Å²) in [5.74, 6) is 1.45. The lowest BCUT2D eigenvalue weighted by Gasteiger charge is -2.30. The van der Waals surface area contributed by atoms with Crippen molar-refractivity contribution in [3.8, 4) is 5.69 Å². The zero-order valence-corrected chi connectivity index (χ0v) is 15.5. The molecule has 1 aliphatic rings. The van der Waals surface area contributed by atoms with Crippen molar-refractivity contribution in [2.45, 2.75) is 18.9 Å². The molecule has 2 aromatic heterocycles. The highest BCUT2D eigenvalue weighted by Crippen LogP contribution is 2.18. The maximum absolute atomic E-state index is 5.44. The average molecular weight is 375 g/mol. The van der Waals surface area contributed by atoms with E-state index in [9.17, 15) is 0 Å². The predicted molar refractivity (Wildman–Crippen MR) is 101 cm³/mol. The van der Waals surface area contributed by atoms with E-state index in [1.807, 2.05) is 47.4 Å². The Morgan fingerprint density at radius 1 is 1.23 bits per heavy atom. The lowest BCUT2D eigenvalue weighted by atomic mass is 10.2. The summed E-state index contributed by atoms with van der Waals surface area (Å²) < 4.78 is 7.32. The second-order valence-electron chi connectivity index (χ2n) is 6.38. The first-order chi connectivity index (χ1) is 12.3. The zero-order chi connectivity index (χ0) is 17.1. The highest BCUT2D eigenvalue weighted by Gasteiger charge is 2.25. The molecule has 7 nitrogen and oxygen atoms in total. The smallest absolute Gasteiger partial charge is 0.227 e. The normalized spacial score (nSPS) is 17.8. The number of hydrogen-bond donors (Lipinski definition) is 1. The Morgan fingerprint density at radius 3 is 2.88 bits per heavy atom. The zero-order valence-electron chi connectivity index (χ0n) is 14.7. The van der Waals surface area contributed by atoms with Crippen molar-refractivity contribution in [2.24, 2.45) is 0 Å². The van der Waals surface area contributed by atoms with Crippen molar-refractivity contribution in [3.05, 3.63) is 60.0 Å². The largest absolute Gasteiger partial charge is 0.339 e. The van der Waals surface area contributed by atoms with Gasteiger partial charge in [-0.2, -0.15) is 10.1 Å². The lowest BCUT2D eigenvalue weighted by molar-refractivity contribution is 0.190. The fourth-order valence-electron chi connectivity index (χ4n) is 3.06. The average Bonchev–Trinajstić information content (AvgIpc) is 3.31. The molecule has 1 unspecified atom stereocenters. The summed E-state index contributed by atoms with van der Waals surface area (Å²) in [6.07, 6.45) is 5.49. The Hall–Kier alpha value is -2.22. The van der Waals surface area contributed by atoms with E-state index >= 15 is 0 Å². The predicted octanol–water partition coefficient (Wildman–Crippen LogP) is 2.04. The molecule has 1 atom stereocenters. The monoisotopic (exact) mass is 374 g/mol. The molecule has 138 valence electrons. The van der Waals surface area contributed by atoms with Gasteiger partial charge in [-0.05, 0) is 31.2 Å². The molecule has 26 heavy (non-hydrogen) atoms. The van der Waals surface area contributed by atoms with Crippen LogP contribution in [0, 0.1) is 0 Å². The third kappa shape index (κ3) is 4.12. The molecule has 0 spiro atoms. The molecule has 1 N–H and O–H groups in total. The minimum atomic E-state index is 0. The summed E-state index contributed by atoms with van der Waals surface area (Å²) in [5.41, 5.74) is 2.21. The van der Waals surface area contributed by atoms with Gasteiger partial charge in [-0.3, -0.25) is 4.90 Å². The van der Waals surface area contributed by atoms with E-state index in [4.69, 9.17) is 4.52 Å². The minimum Gasteiger partial charge on any atom is -0.339 e. The Kier molecular flexibility index (Phi) is 6.03. The molecule has 0 radical (unpaired) electrons. The van der Waals surface area contributed by atoms with Crippen LogP contribution in [0.2, 0.25) is 0 Å². The van der Waals surface area contributed by atoms with Crippen molar-refractivity contribution in [2.75, 3.05) is 26.7 Å². The quantitative estimate of drug-likeness (QED) is 0.736. The molecule has 4 rings (SSSR count). The molecule has 1 aromatic carbocycles. The molecule has 0 amide bonds. The van der Waals surface area contributed by atoms with Crippen LogP contribution in [0.15, 0.2) is 47.2 Å². The maximum Gasteiger partial charge on any atom is 0.227 e. The van der Waals surface area contributed by atoms with Gasteiger partial charge in [0.25, 0.3) is 0 Å². The molecular weight excluding hydrogens is 352 g/mol. The van der Waals surface area contributed by atoms with Crippen LogP contribution in [0.4, 0.5) is 0 Å². The SMILES string of the molecule is CN1CCNCC1c1noc(CCc2cnn(-c3ccccc3)c2)n1.Cl. The van der Waals surface area contributed by atoms with Gasteiger partial charge in [0.2, 0.25) is 5.89 Å². The van der Waals surface area contributed by atoms with E-state index in [2.05, 4.69) is 32.5 Å². The van der Waals surface area contributed by atoms with E-state index in [0.29, 0.717) is 5.89 Å². The van der Waals surface area contributed by atoms with Gasteiger partial charge >= 0.3 is 0 Å². The Morgan fingerprint density at radius 2 is 2.08 bits per heavy atom. The number of para-hydroxylation sites is 1. The molecule has 1 saturated heterocycles. The van der Waals surface area contributed by atoms with Crippen LogP contribution in [-0.2, 0) is 12.8 Å². The number of benzene rings is 1. The van der Waals surface area contributed by atoms with Crippen molar-refractivity contribution in [1.29, 1.82) is 0 Å². The molecule has 3 heterocycles. The van der Waals surface area contributed by atoms with Gasteiger partial charge in [0.05, 0.1) is 17.9 Å². The van der Waals surface area contributed by atoms with Crippen molar-refractivity contribution in [1.82, 2.24) is 30.1 Å². The van der Waals surface area contributed by atoms with Crippen LogP contribution in [0.3, 0.4) is 0 Å². The van der Waals surface area contributed by atoms with E-state index in [-0.39, 0.29) is 18.4 Å². The van der Waals surface area contributed by atoms with Crippen molar-refractivity contribution in [3.63, 3.8) is 0 Å². The number of rotatable bonds is 5. The summed E-state index contributed by atoms with van der Waals surface area (Å²) in [6, 6.07) is 10.3. The third-order valence-corrected chi connectivity index (χ3v) is 4.58. The summed E-state index contributed by atoms with van der Waals surface area (Å²) >= 11 is 0. The van der Waals surface area contributed by atoms with Gasteiger partial charge in [-0.25, -0.2) is 4.68 Å². The third-order valence-electron chi connectivity index (χ3n) is 4.58. The molecule has 0 saturated carbocycles.